The fourth-order valence-electron chi connectivity index (χ4n) is 4.91. The normalized spacial score (nSPS) is 9.77. The first kappa shape index (κ1) is 56.5. The Hall–Kier alpha value is -3.50. The number of rotatable bonds is 0. The number of furan rings is 10. The summed E-state index contributed by atoms with van der Waals surface area (Å²) >= 11 is 16.2. The van der Waals surface area contributed by atoms with Gasteiger partial charge >= 0.3 is 0 Å². The molecule has 0 unspecified atom stereocenters. The van der Waals surface area contributed by atoms with Crippen molar-refractivity contribution in [2.45, 2.75) is 118 Å². The molecule has 10 rings (SSSR count). The van der Waals surface area contributed by atoms with Crippen LogP contribution in [0.15, 0.2) is 116 Å². The van der Waals surface area contributed by atoms with Crippen LogP contribution in [0.5, 0.6) is 0 Å². The summed E-state index contributed by atoms with van der Waals surface area (Å²) in [7, 11) is 0. The molecule has 10 aromatic rings. The van der Waals surface area contributed by atoms with Gasteiger partial charge in [-0.3, -0.25) is 0 Å². The van der Waals surface area contributed by atoms with E-state index >= 15 is 0 Å². The van der Waals surface area contributed by atoms with Crippen LogP contribution in [0.1, 0.15) is 109 Å². The molecule has 62 heavy (non-hydrogen) atoms. The smallest absolute Gasteiger partial charge is 0.177 e. The Morgan fingerprint density at radius 3 is 1.35 bits per heavy atom. The summed E-state index contributed by atoms with van der Waals surface area (Å²) in [6, 6.07) is 10.9. The lowest BCUT2D eigenvalue weighted by Gasteiger charge is -1.83. The van der Waals surface area contributed by atoms with Crippen molar-refractivity contribution < 1.29 is 44.2 Å². The zero-order chi connectivity index (χ0) is 47.4. The molecular weight excluding hydrogens is 1120 g/mol. The first-order valence-corrected chi connectivity index (χ1v) is 24.4. The van der Waals surface area contributed by atoms with Crippen LogP contribution in [0.2, 0.25) is 0 Å². The molecule has 342 valence electrons. The average Bonchev–Trinajstić information content (AvgIpc) is 4.17. The standard InChI is InChI=1S/3C8H7BrO2.C7H5BrO2.C6H3BrO2.5C2H6/c1-4-5(2)10-6-3-7(9)11-8(4)6;1-4-3-10-7-5(2)8(9)11-6(4)7;1-4-3-6-7(10-4)5(2)8(9)11-6;1-4-2-5-6(9-4)3-7(8)10-5;7-6-3-5-4(9-6)1-2-8-5;5*1-2/h3*3H,1-2H3;2-3H,1H3;1-3H;5*1-2H3. The van der Waals surface area contributed by atoms with Gasteiger partial charge in [-0.15, -0.1) is 0 Å². The third-order valence-corrected chi connectivity index (χ3v) is 10.3. The summed E-state index contributed by atoms with van der Waals surface area (Å²) in [4.78, 5) is 0. The quantitative estimate of drug-likeness (QED) is 0.145. The van der Waals surface area contributed by atoms with E-state index in [1.54, 1.807) is 24.7 Å². The van der Waals surface area contributed by atoms with Crippen LogP contribution in [0.25, 0.3) is 55.8 Å². The van der Waals surface area contributed by atoms with Crippen molar-refractivity contribution in [2.75, 3.05) is 0 Å². The van der Waals surface area contributed by atoms with Crippen molar-refractivity contribution in [3.63, 3.8) is 0 Å². The topological polar surface area (TPSA) is 131 Å². The van der Waals surface area contributed by atoms with Gasteiger partial charge in [-0.25, -0.2) is 0 Å². The number of aryl methyl sites for hydroxylation is 7. The summed E-state index contributed by atoms with van der Waals surface area (Å²) in [6.45, 7) is 33.6. The maximum Gasteiger partial charge on any atom is 0.177 e. The monoisotopic (exact) mass is 1180 g/mol. The lowest BCUT2D eigenvalue weighted by molar-refractivity contribution is 0.575. The second kappa shape index (κ2) is 28.3. The van der Waals surface area contributed by atoms with E-state index < -0.39 is 0 Å². The van der Waals surface area contributed by atoms with Gasteiger partial charge in [0.15, 0.2) is 79.2 Å². The van der Waals surface area contributed by atoms with Gasteiger partial charge in [0, 0.05) is 58.7 Å². The molecule has 0 saturated heterocycles. The molecule has 10 heterocycles. The highest BCUT2D eigenvalue weighted by Gasteiger charge is 2.14. The zero-order valence-electron chi connectivity index (χ0n) is 38.6. The van der Waals surface area contributed by atoms with Gasteiger partial charge in [0.05, 0.1) is 12.5 Å². The van der Waals surface area contributed by atoms with Crippen LogP contribution in [-0.2, 0) is 0 Å². The van der Waals surface area contributed by atoms with Crippen molar-refractivity contribution in [2.24, 2.45) is 0 Å². The maximum atomic E-state index is 5.40. The first-order chi connectivity index (χ1) is 29.7. The minimum Gasteiger partial charge on any atom is -0.461 e. The fourth-order valence-corrected chi connectivity index (χ4v) is 6.74. The maximum absolute atomic E-state index is 5.40. The van der Waals surface area contributed by atoms with E-state index in [0.29, 0.717) is 14.0 Å². The molecule has 0 amide bonds. The molecular formula is C47H59Br5O10. The van der Waals surface area contributed by atoms with Crippen LogP contribution in [0.4, 0.5) is 0 Å². The van der Waals surface area contributed by atoms with Crippen molar-refractivity contribution in [1.82, 2.24) is 0 Å². The van der Waals surface area contributed by atoms with E-state index in [0.717, 1.165) is 105 Å². The van der Waals surface area contributed by atoms with Crippen molar-refractivity contribution >= 4 is 135 Å². The summed E-state index contributed by atoms with van der Waals surface area (Å²) in [6.07, 6.45) is 3.30. The van der Waals surface area contributed by atoms with E-state index in [4.69, 9.17) is 44.2 Å². The molecule has 15 heteroatoms. The fraction of sp³-hybridized carbons (Fsp3) is 0.362. The summed E-state index contributed by atoms with van der Waals surface area (Å²) in [5, 5.41) is 0. The third-order valence-electron chi connectivity index (χ3n) is 7.61. The molecule has 0 bridgehead atoms. The number of halogens is 5. The molecule has 0 saturated carbocycles. The third kappa shape index (κ3) is 15.1. The van der Waals surface area contributed by atoms with E-state index in [2.05, 4.69) is 79.6 Å². The predicted molar refractivity (Wildman–Crippen MR) is 271 cm³/mol. The lowest BCUT2D eigenvalue weighted by atomic mass is 10.3. The van der Waals surface area contributed by atoms with Gasteiger partial charge < -0.3 is 44.2 Å². The van der Waals surface area contributed by atoms with Crippen LogP contribution < -0.4 is 0 Å². The highest BCUT2D eigenvalue weighted by Crippen LogP contribution is 2.33. The second-order valence-corrected chi connectivity index (χ2v) is 15.3. The molecule has 0 aliphatic rings. The van der Waals surface area contributed by atoms with Crippen molar-refractivity contribution in [3.8, 4) is 0 Å². The highest BCUT2D eigenvalue weighted by molar-refractivity contribution is 9.11. The average molecular weight is 1180 g/mol. The highest BCUT2D eigenvalue weighted by atomic mass is 79.9. The largest absolute Gasteiger partial charge is 0.461 e. The van der Waals surface area contributed by atoms with Crippen LogP contribution in [-0.4, -0.2) is 0 Å². The van der Waals surface area contributed by atoms with E-state index in [1.165, 1.54) is 0 Å². The van der Waals surface area contributed by atoms with Crippen LogP contribution >= 0.6 is 79.6 Å². The zero-order valence-corrected chi connectivity index (χ0v) is 46.5. The van der Waals surface area contributed by atoms with Crippen LogP contribution in [0.3, 0.4) is 0 Å². The Morgan fingerprint density at radius 1 is 0.355 bits per heavy atom. The number of hydrogen-bond acceptors (Lipinski definition) is 10. The van der Waals surface area contributed by atoms with E-state index in [9.17, 15) is 0 Å². The van der Waals surface area contributed by atoms with Crippen molar-refractivity contribution in [1.29, 1.82) is 0 Å². The lowest BCUT2D eigenvalue weighted by Crippen LogP contribution is -1.67. The Morgan fingerprint density at radius 2 is 0.806 bits per heavy atom. The molecule has 0 spiro atoms. The number of fused-ring (bicyclic) bond motifs is 5. The van der Waals surface area contributed by atoms with Gasteiger partial charge in [0.1, 0.15) is 17.3 Å². The Bertz CT molecular complexity index is 2570. The molecule has 10 aromatic heterocycles. The molecule has 0 aliphatic heterocycles. The molecule has 10 nitrogen and oxygen atoms in total. The molecule has 0 atom stereocenters. The Labute approximate surface area is 406 Å². The Kier molecular flexibility index (Phi) is 25.8. The summed E-state index contributed by atoms with van der Waals surface area (Å²) < 4.78 is 56.4. The minimum atomic E-state index is 0.705. The molecule has 0 N–H and O–H groups in total. The van der Waals surface area contributed by atoms with Crippen molar-refractivity contribution in [3.05, 3.63) is 112 Å². The SMILES string of the molecule is Brc1cc2occc2o1.CC.CC.CC.CC.CC.Cc1cc2oc(Br)c(C)c2o1.Cc1cc2oc(Br)cc2o1.Cc1coc2c(C)c(Br)oc12.Cc1oc2cc(Br)oc2c1C. The van der Waals surface area contributed by atoms with E-state index in [1.807, 2.05) is 142 Å². The van der Waals surface area contributed by atoms with E-state index in [-0.39, 0.29) is 0 Å². The van der Waals surface area contributed by atoms with Gasteiger partial charge in [-0.2, -0.15) is 0 Å². The molecule has 0 aromatic carbocycles. The van der Waals surface area contributed by atoms with Gasteiger partial charge in [-0.1, -0.05) is 69.2 Å². The van der Waals surface area contributed by atoms with Gasteiger partial charge in [0.2, 0.25) is 0 Å². The van der Waals surface area contributed by atoms with Crippen LogP contribution in [0, 0.1) is 48.5 Å². The summed E-state index contributed by atoms with van der Waals surface area (Å²) in [5.41, 5.74) is 12.3. The molecule has 0 fully saturated rings. The summed E-state index contributed by atoms with van der Waals surface area (Å²) in [5.74, 6) is 2.68. The minimum absolute atomic E-state index is 0.705. The molecule has 0 aliphatic carbocycles. The predicted octanol–water partition coefficient (Wildman–Crippen LogP) is 21.2. The van der Waals surface area contributed by atoms with Gasteiger partial charge in [0.25, 0.3) is 0 Å². The first-order valence-electron chi connectivity index (χ1n) is 20.4. The molecule has 0 radical (unpaired) electrons. The Balaban J connectivity index is 0.000000369. The second-order valence-electron chi connectivity index (χ2n) is 11.5. The number of hydrogen-bond donors (Lipinski definition) is 0. The van der Waals surface area contributed by atoms with Gasteiger partial charge in [-0.05, 0) is 128 Å².